The van der Waals surface area contributed by atoms with Crippen molar-refractivity contribution in [1.29, 1.82) is 0 Å². The summed E-state index contributed by atoms with van der Waals surface area (Å²) in [4.78, 5) is 22.1. The number of carbonyl (C=O) groups excluding carboxylic acids is 1. The van der Waals surface area contributed by atoms with E-state index in [0.29, 0.717) is 21.2 Å². The number of hydrogen-bond acceptors (Lipinski definition) is 5. The van der Waals surface area contributed by atoms with Crippen molar-refractivity contribution in [3.05, 3.63) is 67.7 Å². The second-order valence-corrected chi connectivity index (χ2v) is 5.82. The lowest BCUT2D eigenvalue weighted by atomic mass is 10.2. The third-order valence-electron chi connectivity index (χ3n) is 3.03. The summed E-state index contributed by atoms with van der Waals surface area (Å²) in [5.41, 5.74) is 3.33. The summed E-state index contributed by atoms with van der Waals surface area (Å²) < 4.78 is 5.19. The van der Waals surface area contributed by atoms with Crippen LogP contribution in [0.3, 0.4) is 0 Å². The molecule has 0 atom stereocenters. The topological polar surface area (TPSA) is 93.8 Å². The van der Waals surface area contributed by atoms with Crippen molar-refractivity contribution in [1.82, 2.24) is 5.43 Å². The van der Waals surface area contributed by atoms with Crippen LogP contribution in [0.1, 0.15) is 11.1 Å². The van der Waals surface area contributed by atoms with E-state index in [2.05, 4.69) is 10.5 Å². The Balaban J connectivity index is 1.93. The average Bonchev–Trinajstić information content (AvgIpc) is 2.55. The van der Waals surface area contributed by atoms with Crippen molar-refractivity contribution in [3.8, 4) is 5.75 Å². The van der Waals surface area contributed by atoms with E-state index < -0.39 is 17.4 Å². The summed E-state index contributed by atoms with van der Waals surface area (Å²) in [6, 6.07) is 9.29. The summed E-state index contributed by atoms with van der Waals surface area (Å²) in [7, 11) is 0. The van der Waals surface area contributed by atoms with Crippen LogP contribution in [-0.2, 0) is 4.79 Å². The first-order valence-corrected chi connectivity index (χ1v) is 7.77. The fourth-order valence-electron chi connectivity index (χ4n) is 1.85. The summed E-state index contributed by atoms with van der Waals surface area (Å²) in [5, 5.41) is 15.6. The Labute approximate surface area is 153 Å². The van der Waals surface area contributed by atoms with Crippen molar-refractivity contribution in [2.45, 2.75) is 6.92 Å². The van der Waals surface area contributed by atoms with E-state index in [9.17, 15) is 14.9 Å². The van der Waals surface area contributed by atoms with Gasteiger partial charge in [-0.25, -0.2) is 5.43 Å². The predicted octanol–water partition coefficient (Wildman–Crippen LogP) is 3.74. The maximum atomic E-state index is 11.7. The molecule has 0 radical (unpaired) electrons. The third-order valence-corrected chi connectivity index (χ3v) is 3.59. The van der Waals surface area contributed by atoms with Crippen LogP contribution < -0.4 is 10.2 Å². The number of aryl methyl sites for hydroxylation is 1. The van der Waals surface area contributed by atoms with Crippen LogP contribution >= 0.6 is 23.2 Å². The molecule has 25 heavy (non-hydrogen) atoms. The number of nitrogens with zero attached hydrogens (tertiary/aromatic N) is 2. The lowest BCUT2D eigenvalue weighted by molar-refractivity contribution is -0.385. The highest BCUT2D eigenvalue weighted by atomic mass is 35.5. The molecular formula is C16H13Cl2N3O4. The first-order valence-electron chi connectivity index (χ1n) is 7.01. The van der Waals surface area contributed by atoms with Crippen molar-refractivity contribution in [2.24, 2.45) is 5.10 Å². The summed E-state index contributed by atoms with van der Waals surface area (Å²) in [5.74, 6) is -0.563. The molecule has 9 heteroatoms. The molecule has 7 nitrogen and oxygen atoms in total. The Hall–Kier alpha value is -2.64. The summed E-state index contributed by atoms with van der Waals surface area (Å²) in [6.45, 7) is 1.30. The van der Waals surface area contributed by atoms with E-state index in [4.69, 9.17) is 27.9 Å². The van der Waals surface area contributed by atoms with Gasteiger partial charge in [0.2, 0.25) is 0 Å². The number of halogens is 2. The molecule has 130 valence electrons. The molecule has 2 rings (SSSR count). The third kappa shape index (κ3) is 5.44. The molecule has 0 heterocycles. The van der Waals surface area contributed by atoms with Gasteiger partial charge in [-0.3, -0.25) is 14.9 Å². The molecule has 0 spiro atoms. The minimum atomic E-state index is -0.573. The number of nitro groups is 1. The monoisotopic (exact) mass is 381 g/mol. The molecule has 0 fully saturated rings. The molecule has 0 bridgehead atoms. The van der Waals surface area contributed by atoms with Gasteiger partial charge < -0.3 is 4.74 Å². The lowest BCUT2D eigenvalue weighted by Crippen LogP contribution is -2.24. The van der Waals surface area contributed by atoms with Gasteiger partial charge in [-0.1, -0.05) is 35.3 Å². The fraction of sp³-hybridized carbons (Fsp3) is 0.125. The molecule has 2 aromatic rings. The highest BCUT2D eigenvalue weighted by Gasteiger charge is 2.16. The van der Waals surface area contributed by atoms with E-state index >= 15 is 0 Å². The maximum absolute atomic E-state index is 11.7. The van der Waals surface area contributed by atoms with Crippen molar-refractivity contribution < 1.29 is 14.5 Å². The zero-order chi connectivity index (χ0) is 18.4. The Morgan fingerprint density at radius 2 is 2.08 bits per heavy atom. The Morgan fingerprint density at radius 1 is 1.32 bits per heavy atom. The molecule has 1 amide bonds. The van der Waals surface area contributed by atoms with Crippen molar-refractivity contribution in [3.63, 3.8) is 0 Å². The molecular weight excluding hydrogens is 369 g/mol. The molecule has 0 aromatic heterocycles. The van der Waals surface area contributed by atoms with Crippen LogP contribution in [0.4, 0.5) is 5.69 Å². The normalized spacial score (nSPS) is 10.7. The molecule has 0 unspecified atom stereocenters. The second kappa shape index (κ2) is 8.46. The Kier molecular flexibility index (Phi) is 6.32. The minimum Gasteiger partial charge on any atom is -0.477 e. The molecule has 0 aliphatic heterocycles. The number of benzene rings is 2. The molecule has 0 saturated carbocycles. The minimum absolute atomic E-state index is 0.00970. The number of ether oxygens (including phenoxy) is 1. The molecule has 1 N–H and O–H groups in total. The largest absolute Gasteiger partial charge is 0.477 e. The quantitative estimate of drug-likeness (QED) is 0.468. The van der Waals surface area contributed by atoms with Gasteiger partial charge in [-0.15, -0.1) is 0 Å². The average molecular weight is 382 g/mol. The van der Waals surface area contributed by atoms with Gasteiger partial charge in [0.25, 0.3) is 5.91 Å². The number of hydrazone groups is 1. The number of hydrogen-bond donors (Lipinski definition) is 1. The summed E-state index contributed by atoms with van der Waals surface area (Å²) in [6.07, 6.45) is 1.35. The van der Waals surface area contributed by atoms with Crippen LogP contribution in [0.2, 0.25) is 10.0 Å². The van der Waals surface area contributed by atoms with Crippen LogP contribution in [0, 0.1) is 17.0 Å². The van der Waals surface area contributed by atoms with Gasteiger partial charge in [-0.2, -0.15) is 5.10 Å². The number of carbonyl (C=O) groups is 1. The van der Waals surface area contributed by atoms with Gasteiger partial charge in [0.1, 0.15) is 0 Å². The smallest absolute Gasteiger partial charge is 0.311 e. The number of rotatable bonds is 6. The van der Waals surface area contributed by atoms with E-state index in [-0.39, 0.29) is 11.4 Å². The van der Waals surface area contributed by atoms with E-state index in [1.165, 1.54) is 18.3 Å². The molecule has 0 aliphatic rings. The SMILES string of the molecule is Cc1ccc(OCC(=O)N/N=C\c2ccc(Cl)cc2Cl)c([N+](=O)[O-])c1. The maximum Gasteiger partial charge on any atom is 0.311 e. The van der Waals surface area contributed by atoms with Crippen LogP contribution in [0.15, 0.2) is 41.5 Å². The van der Waals surface area contributed by atoms with Crippen molar-refractivity contribution >= 4 is 41.0 Å². The fourth-order valence-corrected chi connectivity index (χ4v) is 2.31. The van der Waals surface area contributed by atoms with E-state index in [1.54, 1.807) is 31.2 Å². The second-order valence-electron chi connectivity index (χ2n) is 4.98. The lowest BCUT2D eigenvalue weighted by Gasteiger charge is -2.06. The zero-order valence-electron chi connectivity index (χ0n) is 13.0. The van der Waals surface area contributed by atoms with E-state index in [0.717, 1.165) is 0 Å². The van der Waals surface area contributed by atoms with E-state index in [1.807, 2.05) is 0 Å². The standard InChI is InChI=1S/C16H13Cl2N3O4/c1-10-2-5-15(14(6-10)21(23)24)25-9-16(22)20-19-8-11-3-4-12(17)7-13(11)18/h2-8H,9H2,1H3,(H,20,22)/b19-8-. The molecule has 2 aromatic carbocycles. The molecule has 0 aliphatic carbocycles. The summed E-state index contributed by atoms with van der Waals surface area (Å²) >= 11 is 11.8. The number of nitro benzene ring substituents is 1. The zero-order valence-corrected chi connectivity index (χ0v) is 14.5. The van der Waals surface area contributed by atoms with Crippen LogP contribution in [0.5, 0.6) is 5.75 Å². The highest BCUT2D eigenvalue weighted by Crippen LogP contribution is 2.27. The van der Waals surface area contributed by atoms with Gasteiger partial charge >= 0.3 is 5.69 Å². The van der Waals surface area contributed by atoms with Gasteiger partial charge in [-0.05, 0) is 30.7 Å². The van der Waals surface area contributed by atoms with Gasteiger partial charge in [0.05, 0.1) is 16.2 Å². The molecule has 0 saturated heterocycles. The number of nitrogens with one attached hydrogen (secondary N) is 1. The van der Waals surface area contributed by atoms with Gasteiger partial charge in [0, 0.05) is 16.7 Å². The number of amides is 1. The highest BCUT2D eigenvalue weighted by molar-refractivity contribution is 6.36. The van der Waals surface area contributed by atoms with Gasteiger partial charge in [0.15, 0.2) is 12.4 Å². The first kappa shape index (κ1) is 18.7. The predicted molar refractivity (Wildman–Crippen MR) is 95.5 cm³/mol. The Morgan fingerprint density at radius 3 is 2.76 bits per heavy atom. The Bertz CT molecular complexity index is 840. The van der Waals surface area contributed by atoms with Crippen molar-refractivity contribution in [2.75, 3.05) is 6.61 Å². The first-order chi connectivity index (χ1) is 11.9. The van der Waals surface area contributed by atoms with Crippen LogP contribution in [0.25, 0.3) is 0 Å². The van der Waals surface area contributed by atoms with Crippen LogP contribution in [-0.4, -0.2) is 23.7 Å².